The van der Waals surface area contributed by atoms with E-state index in [0.717, 1.165) is 6.42 Å². The summed E-state index contributed by atoms with van der Waals surface area (Å²) in [5.41, 5.74) is 0.438. The van der Waals surface area contributed by atoms with Gasteiger partial charge in [-0.05, 0) is 25.5 Å². The Labute approximate surface area is 119 Å². The van der Waals surface area contributed by atoms with Crippen molar-refractivity contribution >= 4 is 11.8 Å². The summed E-state index contributed by atoms with van der Waals surface area (Å²) in [6, 6.07) is 6.75. The van der Waals surface area contributed by atoms with Crippen molar-refractivity contribution in [1.82, 2.24) is 0 Å². The second-order valence-corrected chi connectivity index (χ2v) is 4.09. The van der Waals surface area contributed by atoms with Gasteiger partial charge in [-0.3, -0.25) is 9.59 Å². The molecule has 0 N–H and O–H groups in total. The van der Waals surface area contributed by atoms with Crippen LogP contribution in [0.5, 0.6) is 5.75 Å². The summed E-state index contributed by atoms with van der Waals surface area (Å²) in [6.07, 6.45) is 6.31. The summed E-state index contributed by atoms with van der Waals surface area (Å²) in [5, 5.41) is 0. The van der Waals surface area contributed by atoms with E-state index in [2.05, 4.69) is 5.92 Å². The van der Waals surface area contributed by atoms with E-state index in [4.69, 9.17) is 15.9 Å². The maximum atomic E-state index is 11.9. The number of terminal acetylenes is 1. The standard InChI is InChI=1S/C16H18O4/c1-3-5-6-10-20-14-9-7-8-13(11-14)15(17)12-16(18)19-4-2/h1,7-9,11H,4-6,10,12H2,2H3. The third-order valence-electron chi connectivity index (χ3n) is 2.50. The van der Waals surface area contributed by atoms with Crippen molar-refractivity contribution in [2.24, 2.45) is 0 Å². The largest absolute Gasteiger partial charge is 0.494 e. The fraction of sp³-hybridized carbons (Fsp3) is 0.375. The van der Waals surface area contributed by atoms with Gasteiger partial charge in [-0.1, -0.05) is 12.1 Å². The summed E-state index contributed by atoms with van der Waals surface area (Å²) in [6.45, 7) is 2.47. The minimum atomic E-state index is -0.516. The molecular weight excluding hydrogens is 256 g/mol. The number of unbranched alkanes of at least 4 members (excludes halogenated alkanes) is 1. The summed E-state index contributed by atoms with van der Waals surface area (Å²) < 4.78 is 10.2. The Kier molecular flexibility index (Phi) is 6.91. The third kappa shape index (κ3) is 5.57. The molecule has 0 fully saturated rings. The highest BCUT2D eigenvalue weighted by Crippen LogP contribution is 2.15. The lowest BCUT2D eigenvalue weighted by molar-refractivity contribution is -0.141. The van der Waals surface area contributed by atoms with Gasteiger partial charge in [0, 0.05) is 12.0 Å². The first-order valence-electron chi connectivity index (χ1n) is 6.52. The normalized spacial score (nSPS) is 9.60. The van der Waals surface area contributed by atoms with Gasteiger partial charge in [0.1, 0.15) is 12.2 Å². The summed E-state index contributed by atoms with van der Waals surface area (Å²) in [5.74, 6) is 2.33. The SMILES string of the molecule is C#CCCCOc1cccc(C(=O)CC(=O)OCC)c1. The zero-order valence-electron chi connectivity index (χ0n) is 11.6. The van der Waals surface area contributed by atoms with E-state index < -0.39 is 5.97 Å². The van der Waals surface area contributed by atoms with Crippen molar-refractivity contribution < 1.29 is 19.1 Å². The van der Waals surface area contributed by atoms with E-state index in [0.29, 0.717) is 24.3 Å². The molecule has 0 saturated heterocycles. The highest BCUT2D eigenvalue weighted by molar-refractivity contribution is 6.06. The lowest BCUT2D eigenvalue weighted by Crippen LogP contribution is -2.11. The van der Waals surface area contributed by atoms with Crippen molar-refractivity contribution in [1.29, 1.82) is 0 Å². The van der Waals surface area contributed by atoms with Gasteiger partial charge in [0.15, 0.2) is 5.78 Å². The maximum Gasteiger partial charge on any atom is 0.313 e. The minimum Gasteiger partial charge on any atom is -0.494 e. The molecule has 0 aliphatic rings. The second kappa shape index (κ2) is 8.76. The average molecular weight is 274 g/mol. The number of hydrogen-bond donors (Lipinski definition) is 0. The predicted octanol–water partition coefficient (Wildman–Crippen LogP) is 2.61. The number of carbonyl (C=O) groups is 2. The molecule has 1 rings (SSSR count). The Bertz CT molecular complexity index is 499. The van der Waals surface area contributed by atoms with E-state index in [1.54, 1.807) is 31.2 Å². The fourth-order valence-corrected chi connectivity index (χ4v) is 1.57. The molecule has 1 aromatic rings. The van der Waals surface area contributed by atoms with E-state index >= 15 is 0 Å². The number of esters is 1. The van der Waals surface area contributed by atoms with E-state index in [1.165, 1.54) is 0 Å². The van der Waals surface area contributed by atoms with Gasteiger partial charge in [0.05, 0.1) is 13.2 Å². The Hall–Kier alpha value is -2.28. The van der Waals surface area contributed by atoms with Crippen LogP contribution in [0.4, 0.5) is 0 Å². The number of hydrogen-bond acceptors (Lipinski definition) is 4. The van der Waals surface area contributed by atoms with Gasteiger partial charge in [-0.2, -0.15) is 0 Å². The van der Waals surface area contributed by atoms with E-state index in [9.17, 15) is 9.59 Å². The fourth-order valence-electron chi connectivity index (χ4n) is 1.57. The number of rotatable bonds is 8. The molecule has 0 aliphatic carbocycles. The molecule has 0 spiro atoms. The molecule has 0 aromatic heterocycles. The Morgan fingerprint density at radius 2 is 2.15 bits per heavy atom. The van der Waals surface area contributed by atoms with Crippen molar-refractivity contribution in [2.45, 2.75) is 26.2 Å². The molecule has 0 atom stereocenters. The van der Waals surface area contributed by atoms with Crippen LogP contribution >= 0.6 is 0 Å². The van der Waals surface area contributed by atoms with Crippen LogP contribution in [0.3, 0.4) is 0 Å². The zero-order valence-corrected chi connectivity index (χ0v) is 11.6. The number of ketones is 1. The molecule has 0 unspecified atom stereocenters. The molecule has 20 heavy (non-hydrogen) atoms. The quantitative estimate of drug-likeness (QED) is 0.240. The predicted molar refractivity (Wildman–Crippen MR) is 75.6 cm³/mol. The summed E-state index contributed by atoms with van der Waals surface area (Å²) >= 11 is 0. The Balaban J connectivity index is 2.56. The first-order chi connectivity index (χ1) is 9.67. The minimum absolute atomic E-state index is 0.256. The van der Waals surface area contributed by atoms with Gasteiger partial charge >= 0.3 is 5.97 Å². The smallest absolute Gasteiger partial charge is 0.313 e. The monoisotopic (exact) mass is 274 g/mol. The van der Waals surface area contributed by atoms with Gasteiger partial charge in [0.25, 0.3) is 0 Å². The van der Waals surface area contributed by atoms with Crippen LogP contribution in [0.1, 0.15) is 36.5 Å². The lowest BCUT2D eigenvalue weighted by atomic mass is 10.1. The molecular formula is C16H18O4. The molecule has 106 valence electrons. The van der Waals surface area contributed by atoms with Crippen LogP contribution in [0.25, 0.3) is 0 Å². The number of benzene rings is 1. The first kappa shape index (κ1) is 15.8. The van der Waals surface area contributed by atoms with Gasteiger partial charge in [0.2, 0.25) is 0 Å². The van der Waals surface area contributed by atoms with Crippen LogP contribution in [0.2, 0.25) is 0 Å². The van der Waals surface area contributed by atoms with E-state index in [1.807, 2.05) is 0 Å². The average Bonchev–Trinajstić information content (AvgIpc) is 2.44. The van der Waals surface area contributed by atoms with Crippen molar-refractivity contribution in [2.75, 3.05) is 13.2 Å². The third-order valence-corrected chi connectivity index (χ3v) is 2.50. The summed E-state index contributed by atoms with van der Waals surface area (Å²) in [7, 11) is 0. The van der Waals surface area contributed by atoms with Gasteiger partial charge < -0.3 is 9.47 Å². The molecule has 4 heteroatoms. The Morgan fingerprint density at radius 1 is 1.35 bits per heavy atom. The van der Waals surface area contributed by atoms with Crippen LogP contribution in [-0.4, -0.2) is 25.0 Å². The zero-order chi connectivity index (χ0) is 14.8. The number of Topliss-reactive ketones (excluding diaryl/α,β-unsaturated/α-hetero) is 1. The molecule has 0 amide bonds. The number of ether oxygens (including phenoxy) is 2. The van der Waals surface area contributed by atoms with Gasteiger partial charge in [-0.25, -0.2) is 0 Å². The Morgan fingerprint density at radius 3 is 2.85 bits per heavy atom. The van der Waals surface area contributed by atoms with Gasteiger partial charge in [-0.15, -0.1) is 12.3 Å². The molecule has 0 aliphatic heterocycles. The molecule has 4 nitrogen and oxygen atoms in total. The second-order valence-electron chi connectivity index (χ2n) is 4.09. The summed E-state index contributed by atoms with van der Waals surface area (Å²) in [4.78, 5) is 23.1. The van der Waals surface area contributed by atoms with Crippen molar-refractivity contribution in [3.63, 3.8) is 0 Å². The van der Waals surface area contributed by atoms with Crippen LogP contribution in [-0.2, 0) is 9.53 Å². The molecule has 0 radical (unpaired) electrons. The van der Waals surface area contributed by atoms with Crippen LogP contribution < -0.4 is 4.74 Å². The maximum absolute atomic E-state index is 11.9. The molecule has 0 bridgehead atoms. The first-order valence-corrected chi connectivity index (χ1v) is 6.52. The van der Waals surface area contributed by atoms with E-state index in [-0.39, 0.29) is 18.8 Å². The van der Waals surface area contributed by atoms with Crippen LogP contribution in [0.15, 0.2) is 24.3 Å². The number of carbonyl (C=O) groups excluding carboxylic acids is 2. The van der Waals surface area contributed by atoms with Crippen molar-refractivity contribution in [3.05, 3.63) is 29.8 Å². The highest BCUT2D eigenvalue weighted by atomic mass is 16.5. The molecule has 1 aromatic carbocycles. The van der Waals surface area contributed by atoms with Crippen molar-refractivity contribution in [3.8, 4) is 18.1 Å². The molecule has 0 saturated carbocycles. The topological polar surface area (TPSA) is 52.6 Å². The van der Waals surface area contributed by atoms with Crippen LogP contribution in [0, 0.1) is 12.3 Å². The lowest BCUT2D eigenvalue weighted by Gasteiger charge is -2.07. The molecule has 0 heterocycles. The highest BCUT2D eigenvalue weighted by Gasteiger charge is 2.13.